The van der Waals surface area contributed by atoms with Crippen LogP contribution >= 0.6 is 15.9 Å². The molecule has 15 nitrogen and oxygen atoms in total. The van der Waals surface area contributed by atoms with Gasteiger partial charge in [0.2, 0.25) is 11.7 Å². The highest BCUT2D eigenvalue weighted by Crippen LogP contribution is 2.31. The topological polar surface area (TPSA) is 200 Å². The molecular weight excluding hydrogens is 712 g/mol. The maximum Gasteiger partial charge on any atom is 0.295 e. The first-order chi connectivity index (χ1) is 24.3. The number of hydrogen-bond acceptors (Lipinski definition) is 12. The van der Waals surface area contributed by atoms with Crippen molar-refractivity contribution >= 4 is 57.4 Å². The van der Waals surface area contributed by atoms with E-state index in [0.29, 0.717) is 66.0 Å². The molecule has 1 aliphatic rings. The second-order valence-electron chi connectivity index (χ2n) is 10.8. The molecule has 4 aromatic rings. The molecule has 1 saturated heterocycles. The summed E-state index contributed by atoms with van der Waals surface area (Å²) in [6.45, 7) is 10.9. The highest BCUT2D eigenvalue weighted by atomic mass is 79.9. The van der Waals surface area contributed by atoms with E-state index in [-0.39, 0.29) is 12.2 Å². The van der Waals surface area contributed by atoms with Crippen LogP contribution in [0, 0.1) is 13.8 Å². The van der Waals surface area contributed by atoms with Crippen LogP contribution in [0.2, 0.25) is 0 Å². The summed E-state index contributed by atoms with van der Waals surface area (Å²) < 4.78 is 20.1. The van der Waals surface area contributed by atoms with Gasteiger partial charge >= 0.3 is 0 Å². The van der Waals surface area contributed by atoms with E-state index in [1.165, 1.54) is 7.05 Å². The molecule has 16 heteroatoms. The van der Waals surface area contributed by atoms with E-state index >= 15 is 0 Å². The molecule has 1 fully saturated rings. The summed E-state index contributed by atoms with van der Waals surface area (Å²) in [5.41, 5.74) is 7.77. The van der Waals surface area contributed by atoms with Crippen LogP contribution in [0.15, 0.2) is 45.4 Å². The van der Waals surface area contributed by atoms with Gasteiger partial charge in [-0.25, -0.2) is 15.0 Å². The standard InChI is InChI=1S/C32H38BrN7O5.CH5N.CH2O2/c1-4-25-29(45-22(3)36-25)31(42)38-32-37-26-17-23(20-41)18-27(44-13-7-9-39-11-14-43-15-12-39)28(26)40(32)10-6-5-8-34-30-24(33)16-21(2)19-35-30;1-2;2-1-3/h5-6,16-20H,4,7-15H2,1-3H3,(H,34,35)(H,37,38,42);2H2,1H3;1H,(H,2,3)/b6-5+;;. The zero-order chi connectivity index (χ0) is 36.5. The number of morpholine rings is 1. The number of oxazole rings is 1. The molecule has 0 saturated carbocycles. The van der Waals surface area contributed by atoms with Gasteiger partial charge in [-0.05, 0) is 66.5 Å². The number of halogens is 1. The third-order valence-corrected chi connectivity index (χ3v) is 7.94. The molecule has 1 aromatic carbocycles. The van der Waals surface area contributed by atoms with Crippen LogP contribution in [0.1, 0.15) is 51.4 Å². The quantitative estimate of drug-likeness (QED) is 0.0799. The van der Waals surface area contributed by atoms with Crippen LogP contribution in [-0.4, -0.2) is 101 Å². The zero-order valence-corrected chi connectivity index (χ0v) is 30.4. The number of imidazole rings is 1. The van der Waals surface area contributed by atoms with E-state index in [1.54, 1.807) is 25.3 Å². The number of carboxylic acid groups (broad SMARTS) is 1. The number of hydrogen-bond donors (Lipinski definition) is 4. The molecule has 5 rings (SSSR count). The van der Waals surface area contributed by atoms with Gasteiger partial charge in [-0.2, -0.15) is 0 Å². The Kier molecular flexibility index (Phi) is 16.5. The molecule has 3 aromatic heterocycles. The summed E-state index contributed by atoms with van der Waals surface area (Å²) >= 11 is 3.55. The minimum absolute atomic E-state index is 0.151. The first-order valence-corrected chi connectivity index (χ1v) is 16.9. The number of amides is 1. The number of nitrogens with one attached hydrogen (secondary N) is 2. The molecule has 0 atom stereocenters. The molecule has 0 unspecified atom stereocenters. The number of carbonyl (C=O) groups excluding carboxylic acids is 2. The Morgan fingerprint density at radius 1 is 1.14 bits per heavy atom. The minimum Gasteiger partial charge on any atom is -0.491 e. The van der Waals surface area contributed by atoms with Crippen molar-refractivity contribution in [3.63, 3.8) is 0 Å². The average Bonchev–Trinajstić information content (AvgIpc) is 3.68. The van der Waals surface area contributed by atoms with Crippen molar-refractivity contribution in [2.75, 3.05) is 63.7 Å². The lowest BCUT2D eigenvalue weighted by molar-refractivity contribution is -0.122. The molecule has 0 bridgehead atoms. The summed E-state index contributed by atoms with van der Waals surface area (Å²) in [6, 6.07) is 5.41. The highest BCUT2D eigenvalue weighted by Gasteiger charge is 2.23. The Labute approximate surface area is 299 Å². The first-order valence-electron chi connectivity index (χ1n) is 16.1. The minimum atomic E-state index is -0.450. The fourth-order valence-corrected chi connectivity index (χ4v) is 5.73. The number of anilines is 2. The van der Waals surface area contributed by atoms with Gasteiger partial charge < -0.3 is 34.6 Å². The van der Waals surface area contributed by atoms with Gasteiger partial charge in [0.1, 0.15) is 23.4 Å². The number of ether oxygens (including phenoxy) is 2. The van der Waals surface area contributed by atoms with Gasteiger partial charge in [-0.3, -0.25) is 24.6 Å². The first kappa shape index (κ1) is 39.8. The van der Waals surface area contributed by atoms with Gasteiger partial charge in [-0.15, -0.1) is 0 Å². The number of fused-ring (bicyclic) bond motifs is 1. The molecule has 0 spiro atoms. The Morgan fingerprint density at radius 3 is 2.56 bits per heavy atom. The molecule has 0 radical (unpaired) electrons. The Hall–Kier alpha value is -4.64. The molecular formula is C34H45BrN8O7. The van der Waals surface area contributed by atoms with Crippen molar-refractivity contribution in [2.45, 2.75) is 40.2 Å². The predicted molar refractivity (Wildman–Crippen MR) is 194 cm³/mol. The maximum absolute atomic E-state index is 13.4. The lowest BCUT2D eigenvalue weighted by Crippen LogP contribution is -2.37. The lowest BCUT2D eigenvalue weighted by atomic mass is 10.2. The smallest absolute Gasteiger partial charge is 0.295 e. The molecule has 1 aliphatic heterocycles. The van der Waals surface area contributed by atoms with E-state index in [4.69, 9.17) is 28.8 Å². The van der Waals surface area contributed by atoms with Crippen LogP contribution in [0.4, 0.5) is 11.8 Å². The molecule has 1 amide bonds. The van der Waals surface area contributed by atoms with E-state index < -0.39 is 5.91 Å². The largest absolute Gasteiger partial charge is 0.491 e. The molecule has 4 heterocycles. The van der Waals surface area contributed by atoms with Gasteiger partial charge in [0.25, 0.3) is 12.4 Å². The average molecular weight is 758 g/mol. The maximum atomic E-state index is 13.4. The van der Waals surface area contributed by atoms with Gasteiger partial charge in [0.15, 0.2) is 5.89 Å². The molecule has 50 heavy (non-hydrogen) atoms. The van der Waals surface area contributed by atoms with Crippen molar-refractivity contribution in [1.82, 2.24) is 24.4 Å². The van der Waals surface area contributed by atoms with Crippen molar-refractivity contribution < 1.29 is 33.4 Å². The number of benzene rings is 1. The second-order valence-corrected chi connectivity index (χ2v) is 11.7. The molecule has 0 aliphatic carbocycles. The number of nitrogens with zero attached hydrogens (tertiary/aromatic N) is 5. The van der Waals surface area contributed by atoms with Crippen LogP contribution in [0.25, 0.3) is 11.0 Å². The van der Waals surface area contributed by atoms with E-state index in [9.17, 15) is 9.59 Å². The lowest BCUT2D eigenvalue weighted by Gasteiger charge is -2.26. The number of allylic oxidation sites excluding steroid dienone is 1. The van der Waals surface area contributed by atoms with Crippen molar-refractivity contribution in [1.29, 1.82) is 0 Å². The van der Waals surface area contributed by atoms with Crippen LogP contribution in [0.3, 0.4) is 0 Å². The molecule has 270 valence electrons. The number of aromatic nitrogens is 4. The van der Waals surface area contributed by atoms with Crippen LogP contribution in [0.5, 0.6) is 5.75 Å². The number of aryl methyl sites for hydroxylation is 3. The van der Waals surface area contributed by atoms with Gasteiger partial charge in [0, 0.05) is 51.4 Å². The van der Waals surface area contributed by atoms with Crippen molar-refractivity contribution in [3.05, 3.63) is 69.5 Å². The Bertz CT molecular complexity index is 1730. The van der Waals surface area contributed by atoms with Crippen molar-refractivity contribution in [2.24, 2.45) is 5.73 Å². The number of nitrogens with two attached hydrogens (primary N) is 1. The monoisotopic (exact) mass is 756 g/mol. The fraction of sp³-hybridized carbons (Fsp3) is 0.412. The zero-order valence-electron chi connectivity index (χ0n) is 28.8. The number of rotatable bonds is 14. The second kappa shape index (κ2) is 20.8. The predicted octanol–water partition coefficient (Wildman–Crippen LogP) is 4.47. The number of carbonyl (C=O) groups is 3. The summed E-state index contributed by atoms with van der Waals surface area (Å²) in [5.74, 6) is 1.68. The third-order valence-electron chi connectivity index (χ3n) is 7.34. The normalized spacial score (nSPS) is 12.8. The summed E-state index contributed by atoms with van der Waals surface area (Å²) in [4.78, 5) is 49.4. The highest BCUT2D eigenvalue weighted by molar-refractivity contribution is 9.10. The fourth-order valence-electron chi connectivity index (χ4n) is 5.13. The van der Waals surface area contributed by atoms with E-state index in [2.05, 4.69) is 47.2 Å². The van der Waals surface area contributed by atoms with Crippen LogP contribution in [-0.2, 0) is 22.5 Å². The molecule has 5 N–H and O–H groups in total. The Morgan fingerprint density at radius 2 is 1.88 bits per heavy atom. The summed E-state index contributed by atoms with van der Waals surface area (Å²) in [6.07, 6.45) is 7.87. The van der Waals surface area contributed by atoms with Crippen molar-refractivity contribution in [3.8, 4) is 5.75 Å². The number of aldehydes is 1. The van der Waals surface area contributed by atoms with E-state index in [1.807, 2.05) is 36.6 Å². The third kappa shape index (κ3) is 11.2. The van der Waals surface area contributed by atoms with Gasteiger partial charge in [-0.1, -0.05) is 19.1 Å². The summed E-state index contributed by atoms with van der Waals surface area (Å²) in [7, 11) is 1.50. The summed E-state index contributed by atoms with van der Waals surface area (Å²) in [5, 5.41) is 13.1. The van der Waals surface area contributed by atoms with Crippen LogP contribution < -0.4 is 21.1 Å². The SMILES string of the molecule is CCc1nc(C)oc1C(=O)Nc1nc2cc(C=O)cc(OCCCN3CCOCC3)c2n1C/C=C/CNc1ncc(C)cc1Br.CN.O=CO. The number of pyridine rings is 1. The van der Waals surface area contributed by atoms with Gasteiger partial charge in [0.05, 0.1) is 35.5 Å². The van der Waals surface area contributed by atoms with E-state index in [0.717, 1.165) is 61.4 Å². The Balaban J connectivity index is 0.00000128.